The molecule has 1 saturated carbocycles. The lowest BCUT2D eigenvalue weighted by Crippen LogP contribution is -2.24. The van der Waals surface area contributed by atoms with Gasteiger partial charge in [0.15, 0.2) is 0 Å². The van der Waals surface area contributed by atoms with Crippen molar-refractivity contribution in [2.45, 2.75) is 59.4 Å². The van der Waals surface area contributed by atoms with Gasteiger partial charge in [-0.15, -0.1) is 0 Å². The zero-order valence-electron chi connectivity index (χ0n) is 21.1. The second kappa shape index (κ2) is 12.4. The molecule has 2 atom stereocenters. The Balaban J connectivity index is 1.72. The van der Waals surface area contributed by atoms with Crippen molar-refractivity contribution in [1.29, 1.82) is 0 Å². The van der Waals surface area contributed by atoms with Gasteiger partial charge in [0.05, 0.1) is 6.04 Å². The Morgan fingerprint density at radius 2 is 1.41 bits per heavy atom. The van der Waals surface area contributed by atoms with Gasteiger partial charge < -0.3 is 20.0 Å². The highest BCUT2D eigenvalue weighted by molar-refractivity contribution is 5.85. The molecule has 184 valence electrons. The minimum atomic E-state index is 0.122. The van der Waals surface area contributed by atoms with Crippen molar-refractivity contribution >= 4 is 29.5 Å². The maximum Gasteiger partial charge on any atom is 0.143 e. The summed E-state index contributed by atoms with van der Waals surface area (Å²) >= 11 is 0. The van der Waals surface area contributed by atoms with E-state index in [4.69, 9.17) is 4.99 Å². The smallest absolute Gasteiger partial charge is 0.143 e. The molecule has 0 amide bonds. The van der Waals surface area contributed by atoms with Gasteiger partial charge in [0.1, 0.15) is 17.2 Å². The van der Waals surface area contributed by atoms with Gasteiger partial charge in [0, 0.05) is 73.6 Å². The second-order valence-corrected chi connectivity index (χ2v) is 8.83. The molecule has 0 aromatic heterocycles. The van der Waals surface area contributed by atoms with E-state index >= 15 is 0 Å². The van der Waals surface area contributed by atoms with Crippen molar-refractivity contribution in [3.05, 3.63) is 42.0 Å². The Bertz CT molecular complexity index is 901. The maximum atomic E-state index is 10.5. The first-order chi connectivity index (χ1) is 16.5. The van der Waals surface area contributed by atoms with E-state index in [1.165, 1.54) is 0 Å². The van der Waals surface area contributed by atoms with Gasteiger partial charge in [-0.05, 0) is 64.8 Å². The molecular formula is C28H40N4O2. The van der Waals surface area contributed by atoms with Gasteiger partial charge >= 0.3 is 0 Å². The molecule has 2 unspecified atom stereocenters. The fraction of sp³-hybridized carbons (Fsp3) is 0.500. The van der Waals surface area contributed by atoms with Crippen LogP contribution < -0.4 is 9.80 Å². The number of phenolic OH excluding ortho intramolecular Hbond substituents is 2. The van der Waals surface area contributed by atoms with Gasteiger partial charge in [-0.25, -0.2) is 0 Å². The van der Waals surface area contributed by atoms with E-state index < -0.39 is 0 Å². The largest absolute Gasteiger partial charge is 0.507 e. The lowest BCUT2D eigenvalue weighted by molar-refractivity contribution is 0.388. The van der Waals surface area contributed by atoms with Gasteiger partial charge in [-0.2, -0.15) is 0 Å². The molecule has 1 fully saturated rings. The second-order valence-electron chi connectivity index (χ2n) is 8.83. The zero-order chi connectivity index (χ0) is 24.5. The minimum Gasteiger partial charge on any atom is -0.507 e. The Morgan fingerprint density at radius 1 is 0.824 bits per heavy atom. The van der Waals surface area contributed by atoms with Crippen molar-refractivity contribution in [1.82, 2.24) is 0 Å². The molecule has 6 heteroatoms. The summed E-state index contributed by atoms with van der Waals surface area (Å²) in [7, 11) is 0. The Morgan fingerprint density at radius 3 is 2.00 bits per heavy atom. The summed E-state index contributed by atoms with van der Waals surface area (Å²) in [6.07, 6.45) is 8.07. The van der Waals surface area contributed by atoms with Gasteiger partial charge in [-0.3, -0.25) is 9.98 Å². The third kappa shape index (κ3) is 6.31. The van der Waals surface area contributed by atoms with Crippen molar-refractivity contribution in [3.63, 3.8) is 0 Å². The highest BCUT2D eigenvalue weighted by Gasteiger charge is 2.23. The van der Waals surface area contributed by atoms with Gasteiger partial charge in [0.25, 0.3) is 0 Å². The monoisotopic (exact) mass is 464 g/mol. The van der Waals surface area contributed by atoms with Crippen molar-refractivity contribution in [2.75, 3.05) is 36.0 Å². The van der Waals surface area contributed by atoms with Crippen molar-refractivity contribution in [3.8, 4) is 11.5 Å². The molecule has 0 heterocycles. The van der Waals surface area contributed by atoms with E-state index in [0.29, 0.717) is 5.69 Å². The quantitative estimate of drug-likeness (QED) is 0.413. The molecule has 0 saturated heterocycles. The molecular weight excluding hydrogens is 424 g/mol. The fourth-order valence-corrected chi connectivity index (χ4v) is 4.68. The van der Waals surface area contributed by atoms with E-state index in [2.05, 4.69) is 42.5 Å². The molecule has 1 aliphatic rings. The summed E-state index contributed by atoms with van der Waals surface area (Å²) in [5.41, 5.74) is 3.36. The first kappa shape index (κ1) is 25.6. The number of nitrogens with zero attached hydrogens (tertiary/aromatic N) is 4. The van der Waals surface area contributed by atoms with Crippen molar-refractivity contribution < 1.29 is 10.2 Å². The van der Waals surface area contributed by atoms with Crippen LogP contribution >= 0.6 is 0 Å². The van der Waals surface area contributed by atoms with Crippen LogP contribution in [0.1, 0.15) is 58.9 Å². The molecule has 2 aromatic rings. The number of hydrogen-bond acceptors (Lipinski definition) is 6. The number of anilines is 2. The van der Waals surface area contributed by atoms with Crippen LogP contribution in [0.15, 0.2) is 46.4 Å². The highest BCUT2D eigenvalue weighted by Crippen LogP contribution is 2.33. The highest BCUT2D eigenvalue weighted by atomic mass is 16.3. The van der Waals surface area contributed by atoms with Crippen LogP contribution in [0.3, 0.4) is 0 Å². The van der Waals surface area contributed by atoms with Crippen LogP contribution in [-0.4, -0.2) is 54.9 Å². The molecule has 2 N–H and O–H groups in total. The molecule has 3 rings (SSSR count). The SMILES string of the molecule is CCN(CC)c1ccc(C=NC2CCCCC2C=Nc2ccc(N(CC)CC)cc2O)c(O)c1. The van der Waals surface area contributed by atoms with Crippen LogP contribution in [-0.2, 0) is 0 Å². The number of rotatable bonds is 10. The third-order valence-electron chi connectivity index (χ3n) is 6.82. The Hall–Kier alpha value is -3.02. The number of aromatic hydroxyl groups is 2. The lowest BCUT2D eigenvalue weighted by Gasteiger charge is -2.26. The van der Waals surface area contributed by atoms with E-state index in [1.54, 1.807) is 12.3 Å². The standard InChI is InChI=1S/C28H40N4O2/c1-5-31(6-2)23-14-13-22(27(33)17-23)20-29-25-12-10-9-11-21(25)19-30-26-16-15-24(18-28(26)34)32(7-3)8-4/h13-21,25,33-34H,5-12H2,1-4H3. The van der Waals surface area contributed by atoms with Gasteiger partial charge in [0.2, 0.25) is 0 Å². The maximum absolute atomic E-state index is 10.5. The fourth-order valence-electron chi connectivity index (χ4n) is 4.68. The predicted octanol–water partition coefficient (Wildman–Crippen LogP) is 6.17. The topological polar surface area (TPSA) is 71.7 Å². The summed E-state index contributed by atoms with van der Waals surface area (Å²) in [6.45, 7) is 12.0. The Kier molecular flexibility index (Phi) is 9.37. The van der Waals surface area contributed by atoms with Crippen LogP contribution in [0.25, 0.3) is 0 Å². The summed E-state index contributed by atoms with van der Waals surface area (Å²) in [4.78, 5) is 13.9. The number of hydrogen-bond donors (Lipinski definition) is 2. The number of aliphatic imine (C=N–C) groups is 2. The summed E-state index contributed by atoms with van der Waals surface area (Å²) in [6, 6.07) is 11.6. The van der Waals surface area contributed by atoms with Crippen molar-refractivity contribution in [2.24, 2.45) is 15.9 Å². The first-order valence-corrected chi connectivity index (χ1v) is 12.7. The van der Waals surface area contributed by atoms with E-state index in [-0.39, 0.29) is 23.5 Å². The number of benzene rings is 2. The molecule has 0 aliphatic heterocycles. The molecule has 0 spiro atoms. The average molecular weight is 465 g/mol. The molecule has 6 nitrogen and oxygen atoms in total. The minimum absolute atomic E-state index is 0.122. The van der Waals surface area contributed by atoms with E-state index in [1.807, 2.05) is 36.5 Å². The Labute approximate surface area is 204 Å². The lowest BCUT2D eigenvalue weighted by atomic mass is 9.85. The molecule has 34 heavy (non-hydrogen) atoms. The average Bonchev–Trinajstić information content (AvgIpc) is 2.85. The van der Waals surface area contributed by atoms with Crippen LogP contribution in [0.4, 0.5) is 17.1 Å². The normalized spacial score (nSPS) is 18.6. The van der Waals surface area contributed by atoms with Crippen LogP contribution in [0.2, 0.25) is 0 Å². The predicted molar refractivity (Wildman–Crippen MR) is 145 cm³/mol. The summed E-state index contributed by atoms with van der Waals surface area (Å²) in [5, 5.41) is 21.0. The van der Waals surface area contributed by atoms with Crippen LogP contribution in [0, 0.1) is 5.92 Å². The zero-order valence-corrected chi connectivity index (χ0v) is 21.1. The van der Waals surface area contributed by atoms with E-state index in [9.17, 15) is 10.2 Å². The van der Waals surface area contributed by atoms with Gasteiger partial charge in [-0.1, -0.05) is 12.8 Å². The first-order valence-electron chi connectivity index (χ1n) is 12.7. The molecule has 1 aliphatic carbocycles. The number of phenols is 2. The summed E-state index contributed by atoms with van der Waals surface area (Å²) < 4.78 is 0. The summed E-state index contributed by atoms with van der Waals surface area (Å²) in [5.74, 6) is 0.672. The van der Waals surface area contributed by atoms with E-state index in [0.717, 1.165) is 68.8 Å². The molecule has 0 radical (unpaired) electrons. The third-order valence-corrected chi connectivity index (χ3v) is 6.82. The van der Waals surface area contributed by atoms with Crippen LogP contribution in [0.5, 0.6) is 11.5 Å². The molecule has 0 bridgehead atoms. The molecule has 2 aromatic carbocycles.